The molecule has 1 nitrogen and oxygen atoms in total. The maximum absolute atomic E-state index is 13.1. The third kappa shape index (κ3) is 2.43. The molecule has 0 aromatic heterocycles. The highest BCUT2D eigenvalue weighted by Gasteiger charge is 2.16. The van der Waals surface area contributed by atoms with Crippen molar-refractivity contribution in [3.8, 4) is 0 Å². The molecule has 0 saturated carbocycles. The Morgan fingerprint density at radius 1 is 0.952 bits per heavy atom. The van der Waals surface area contributed by atoms with Crippen LogP contribution in [0.3, 0.4) is 0 Å². The van der Waals surface area contributed by atoms with E-state index in [1.807, 2.05) is 37.3 Å². The zero-order valence-electron chi connectivity index (χ0n) is 11.4. The summed E-state index contributed by atoms with van der Waals surface area (Å²) in [6.07, 6.45) is 0. The summed E-state index contributed by atoms with van der Waals surface area (Å²) in [5.41, 5.74) is 1.99. The third-order valence-electron chi connectivity index (χ3n) is 3.56. The molecule has 0 fully saturated rings. The summed E-state index contributed by atoms with van der Waals surface area (Å²) in [4.78, 5) is 12.7. The first-order valence-corrected chi connectivity index (χ1v) is 6.94. The Morgan fingerprint density at radius 3 is 2.33 bits per heavy atom. The van der Waals surface area contributed by atoms with Crippen molar-refractivity contribution in [1.82, 2.24) is 0 Å². The van der Waals surface area contributed by atoms with Crippen LogP contribution >= 0.6 is 11.6 Å². The van der Waals surface area contributed by atoms with Crippen LogP contribution < -0.4 is 0 Å². The van der Waals surface area contributed by atoms with Gasteiger partial charge in [-0.2, -0.15) is 0 Å². The van der Waals surface area contributed by atoms with E-state index in [0.29, 0.717) is 11.1 Å². The molecule has 0 aliphatic carbocycles. The molecule has 21 heavy (non-hydrogen) atoms. The smallest absolute Gasteiger partial charge is 0.195 e. The molecular formula is C18H12ClFO. The van der Waals surface area contributed by atoms with Crippen LogP contribution in [0.2, 0.25) is 5.02 Å². The maximum Gasteiger partial charge on any atom is 0.195 e. The minimum atomic E-state index is -0.453. The van der Waals surface area contributed by atoms with E-state index in [0.717, 1.165) is 22.4 Å². The van der Waals surface area contributed by atoms with Crippen molar-refractivity contribution in [2.24, 2.45) is 0 Å². The number of halogens is 2. The number of aryl methyl sites for hydroxylation is 1. The second-order valence-corrected chi connectivity index (χ2v) is 5.34. The van der Waals surface area contributed by atoms with Crippen LogP contribution in [0.25, 0.3) is 10.8 Å². The maximum atomic E-state index is 13.1. The van der Waals surface area contributed by atoms with Gasteiger partial charge in [-0.1, -0.05) is 48.0 Å². The first kappa shape index (κ1) is 13.8. The van der Waals surface area contributed by atoms with Gasteiger partial charge in [0, 0.05) is 11.1 Å². The fraction of sp³-hybridized carbons (Fsp3) is 0.0556. The fourth-order valence-electron chi connectivity index (χ4n) is 2.47. The quantitative estimate of drug-likeness (QED) is 0.596. The third-order valence-corrected chi connectivity index (χ3v) is 3.88. The molecule has 0 amide bonds. The number of hydrogen-bond acceptors (Lipinski definition) is 1. The van der Waals surface area contributed by atoms with Crippen LogP contribution in [0.1, 0.15) is 21.5 Å². The largest absolute Gasteiger partial charge is 0.289 e. The number of hydrogen-bond donors (Lipinski definition) is 0. The lowest BCUT2D eigenvalue weighted by atomic mass is 9.95. The van der Waals surface area contributed by atoms with Gasteiger partial charge in [0.25, 0.3) is 0 Å². The minimum Gasteiger partial charge on any atom is -0.289 e. The number of fused-ring (bicyclic) bond motifs is 1. The molecule has 3 aromatic rings. The molecule has 0 saturated heterocycles. The summed E-state index contributed by atoms with van der Waals surface area (Å²) in [6.45, 7) is 2.00. The normalized spacial score (nSPS) is 10.8. The summed E-state index contributed by atoms with van der Waals surface area (Å²) < 4.78 is 13.1. The average molecular weight is 299 g/mol. The molecule has 0 N–H and O–H groups in total. The highest BCUT2D eigenvalue weighted by Crippen LogP contribution is 2.27. The molecule has 0 aliphatic rings. The van der Waals surface area contributed by atoms with Crippen molar-refractivity contribution < 1.29 is 9.18 Å². The molecule has 3 heteroatoms. The standard InChI is InChI=1S/C18H12ClFO/c1-11-6-8-15(14-5-3-2-4-13(11)14)18(21)16-9-7-12(20)10-17(16)19/h2-10H,1H3. The summed E-state index contributed by atoms with van der Waals surface area (Å²) >= 11 is 6.00. The van der Waals surface area contributed by atoms with Gasteiger partial charge in [0.05, 0.1) is 5.02 Å². The minimum absolute atomic E-state index is 0.129. The topological polar surface area (TPSA) is 17.1 Å². The van der Waals surface area contributed by atoms with Crippen molar-refractivity contribution in [2.45, 2.75) is 6.92 Å². The average Bonchev–Trinajstić information content (AvgIpc) is 2.47. The number of carbonyl (C=O) groups excluding carboxylic acids is 1. The van der Waals surface area contributed by atoms with Gasteiger partial charge in [0.1, 0.15) is 5.82 Å². The zero-order valence-corrected chi connectivity index (χ0v) is 12.1. The van der Waals surface area contributed by atoms with E-state index in [1.165, 1.54) is 12.1 Å². The van der Waals surface area contributed by atoms with Crippen molar-refractivity contribution in [3.63, 3.8) is 0 Å². The molecule has 0 atom stereocenters. The van der Waals surface area contributed by atoms with Gasteiger partial charge >= 0.3 is 0 Å². The van der Waals surface area contributed by atoms with Crippen LogP contribution in [0.5, 0.6) is 0 Å². The Morgan fingerprint density at radius 2 is 1.62 bits per heavy atom. The lowest BCUT2D eigenvalue weighted by Gasteiger charge is -2.09. The summed E-state index contributed by atoms with van der Waals surface area (Å²) in [6, 6.07) is 15.3. The molecule has 3 rings (SSSR count). The van der Waals surface area contributed by atoms with E-state index in [-0.39, 0.29) is 10.8 Å². The van der Waals surface area contributed by atoms with Gasteiger partial charge in [-0.3, -0.25) is 4.79 Å². The molecule has 0 radical (unpaired) electrons. The lowest BCUT2D eigenvalue weighted by Crippen LogP contribution is -2.04. The Kier molecular flexibility index (Phi) is 3.48. The van der Waals surface area contributed by atoms with Crippen LogP contribution in [0.15, 0.2) is 54.6 Å². The summed E-state index contributed by atoms with van der Waals surface area (Å²) in [5.74, 6) is -0.651. The molecule has 0 unspecified atom stereocenters. The molecule has 3 aromatic carbocycles. The van der Waals surface area contributed by atoms with Crippen LogP contribution in [-0.2, 0) is 0 Å². The molecule has 0 heterocycles. The summed E-state index contributed by atoms with van der Waals surface area (Å²) in [5, 5.41) is 2.04. The van der Waals surface area contributed by atoms with Gasteiger partial charge in [0.2, 0.25) is 0 Å². The molecule has 0 bridgehead atoms. The van der Waals surface area contributed by atoms with Gasteiger partial charge < -0.3 is 0 Å². The number of ketones is 1. The molecular weight excluding hydrogens is 287 g/mol. The van der Waals surface area contributed by atoms with E-state index >= 15 is 0 Å². The molecule has 104 valence electrons. The Hall–Kier alpha value is -2.19. The van der Waals surface area contributed by atoms with E-state index in [2.05, 4.69) is 0 Å². The van der Waals surface area contributed by atoms with Crippen molar-refractivity contribution >= 4 is 28.2 Å². The zero-order chi connectivity index (χ0) is 15.0. The van der Waals surface area contributed by atoms with E-state index in [9.17, 15) is 9.18 Å². The van der Waals surface area contributed by atoms with E-state index in [1.54, 1.807) is 6.07 Å². The highest BCUT2D eigenvalue weighted by atomic mass is 35.5. The Bertz CT molecular complexity index is 855. The predicted octanol–water partition coefficient (Wildman–Crippen LogP) is 5.17. The number of carbonyl (C=O) groups is 1. The van der Waals surface area contributed by atoms with Crippen LogP contribution in [0.4, 0.5) is 4.39 Å². The lowest BCUT2D eigenvalue weighted by molar-refractivity contribution is 0.104. The Balaban J connectivity index is 2.21. The van der Waals surface area contributed by atoms with Crippen molar-refractivity contribution in [3.05, 3.63) is 82.1 Å². The van der Waals surface area contributed by atoms with Gasteiger partial charge in [-0.25, -0.2) is 4.39 Å². The first-order valence-electron chi connectivity index (χ1n) is 6.56. The monoisotopic (exact) mass is 298 g/mol. The SMILES string of the molecule is Cc1ccc(C(=O)c2ccc(F)cc2Cl)c2ccccc12. The number of benzene rings is 3. The van der Waals surface area contributed by atoms with Crippen LogP contribution in [-0.4, -0.2) is 5.78 Å². The van der Waals surface area contributed by atoms with Gasteiger partial charge in [-0.15, -0.1) is 0 Å². The highest BCUT2D eigenvalue weighted by molar-refractivity contribution is 6.35. The number of rotatable bonds is 2. The van der Waals surface area contributed by atoms with E-state index in [4.69, 9.17) is 11.6 Å². The first-order chi connectivity index (χ1) is 10.1. The second-order valence-electron chi connectivity index (χ2n) is 4.93. The molecule has 0 spiro atoms. The second kappa shape index (κ2) is 5.30. The van der Waals surface area contributed by atoms with Crippen LogP contribution in [0, 0.1) is 12.7 Å². The van der Waals surface area contributed by atoms with Gasteiger partial charge in [0.15, 0.2) is 5.78 Å². The van der Waals surface area contributed by atoms with Gasteiger partial charge in [-0.05, 0) is 41.5 Å². The van der Waals surface area contributed by atoms with E-state index < -0.39 is 5.82 Å². The fourth-order valence-corrected chi connectivity index (χ4v) is 2.72. The van der Waals surface area contributed by atoms with Crippen molar-refractivity contribution in [2.75, 3.05) is 0 Å². The predicted molar refractivity (Wildman–Crippen MR) is 83.5 cm³/mol. The van der Waals surface area contributed by atoms with Crippen molar-refractivity contribution in [1.29, 1.82) is 0 Å². The summed E-state index contributed by atoms with van der Waals surface area (Å²) in [7, 11) is 0. The molecule has 0 aliphatic heterocycles. The Labute approximate surface area is 127 Å².